The first-order chi connectivity index (χ1) is 18.2. The van der Waals surface area contributed by atoms with Crippen molar-refractivity contribution in [1.29, 1.82) is 0 Å². The predicted molar refractivity (Wildman–Crippen MR) is 130 cm³/mol. The zero-order valence-corrected chi connectivity index (χ0v) is 20.1. The monoisotopic (exact) mass is 500 g/mol. The fourth-order valence-corrected chi connectivity index (χ4v) is 3.76. The maximum atomic E-state index is 14.9. The summed E-state index contributed by atoms with van der Waals surface area (Å²) < 4.78 is 44.0. The summed E-state index contributed by atoms with van der Waals surface area (Å²) in [5, 5.41) is 29.8. The molecule has 0 radical (unpaired) electrons. The van der Waals surface area contributed by atoms with Gasteiger partial charge in [-0.3, -0.25) is 14.3 Å². The number of amides is 2. The lowest BCUT2D eigenvalue weighted by Crippen LogP contribution is -2.22. The average Bonchev–Trinajstić information content (AvgIpc) is 3.58. The molecule has 2 amide bonds. The Kier molecular flexibility index (Phi) is 5.62. The molecule has 0 saturated heterocycles. The molecule has 2 aromatic heterocycles. The lowest BCUT2D eigenvalue weighted by atomic mass is 10.0. The van der Waals surface area contributed by atoms with Gasteiger partial charge in [-0.15, -0.1) is 10.2 Å². The van der Waals surface area contributed by atoms with Crippen LogP contribution >= 0.6 is 0 Å². The molecule has 36 heavy (non-hydrogen) atoms. The minimum absolute atomic E-state index is 0.00923. The van der Waals surface area contributed by atoms with Crippen molar-refractivity contribution < 1.29 is 27.9 Å². The van der Waals surface area contributed by atoms with Gasteiger partial charge in [-0.1, -0.05) is 0 Å². The van der Waals surface area contributed by atoms with Crippen molar-refractivity contribution in [2.45, 2.75) is 32.3 Å². The number of aromatic nitrogens is 4. The molecule has 12 heteroatoms. The molecule has 0 bridgehead atoms. The summed E-state index contributed by atoms with van der Waals surface area (Å²) in [5.74, 6) is -2.01. The molecule has 1 aliphatic rings. The van der Waals surface area contributed by atoms with Crippen LogP contribution in [0.4, 0.5) is 21.6 Å². The third kappa shape index (κ3) is 5.13. The molecule has 1 aliphatic carbocycles. The maximum absolute atomic E-state index is 14.9. The summed E-state index contributed by atoms with van der Waals surface area (Å²) in [4.78, 5) is 25.0. The number of rotatable bonds is 8. The van der Waals surface area contributed by atoms with Crippen LogP contribution in [-0.4, -0.2) is 51.0 Å². The summed E-state index contributed by atoms with van der Waals surface area (Å²) in [6.45, 7) is 0.368. The summed E-state index contributed by atoms with van der Waals surface area (Å²) in [5.41, 5.74) is -0.633. The van der Waals surface area contributed by atoms with E-state index < -0.39 is 30.0 Å². The number of ether oxygens (including phenoxy) is 1. The number of aliphatic hydroxyl groups is 1. The van der Waals surface area contributed by atoms with Crippen LogP contribution in [0.5, 0.6) is 5.75 Å². The maximum Gasteiger partial charge on any atom is 0.273 e. The number of nitrogens with zero attached hydrogens (tertiary/aromatic N) is 4. The Morgan fingerprint density at radius 1 is 1.22 bits per heavy atom. The van der Waals surface area contributed by atoms with Gasteiger partial charge in [0.05, 0.1) is 29.9 Å². The quantitative estimate of drug-likeness (QED) is 0.370. The highest BCUT2D eigenvalue weighted by Gasteiger charge is 2.30. The Bertz CT molecular complexity index is 1430. The van der Waals surface area contributed by atoms with Crippen molar-refractivity contribution in [3.05, 3.63) is 41.5 Å². The highest BCUT2D eigenvalue weighted by Crippen LogP contribution is 2.40. The Hall–Kier alpha value is -4.06. The number of halogens is 1. The standard InChI is InChI=1S/C24H28FN7O4/c1-24(2,35)18-10-15(31-32(18)4)14-8-13(25)9-17(21(14)36-5)27-16-11-19(28-22(33)12-6-7-12)29-30-20(16)23(34)26-3/h8-12,35H,6-7H2,1-5H3,(H,26,34)(H2,27,28,29,33)/i3D3. The molecule has 11 nitrogen and oxygen atoms in total. The molecule has 4 rings (SSSR count). The molecule has 4 N–H and O–H groups in total. The lowest BCUT2D eigenvalue weighted by molar-refractivity contribution is -0.117. The van der Waals surface area contributed by atoms with Crippen molar-refractivity contribution in [3.63, 3.8) is 0 Å². The second kappa shape index (κ2) is 9.53. The van der Waals surface area contributed by atoms with Crippen LogP contribution in [-0.2, 0) is 17.4 Å². The number of anilines is 3. The second-order valence-electron chi connectivity index (χ2n) is 8.97. The van der Waals surface area contributed by atoms with Gasteiger partial charge >= 0.3 is 0 Å². The van der Waals surface area contributed by atoms with Crippen molar-refractivity contribution in [3.8, 4) is 17.0 Å². The molecule has 0 unspecified atom stereocenters. The molecular weight excluding hydrogens is 469 g/mol. The molecule has 1 fully saturated rings. The number of aryl methyl sites for hydroxylation is 1. The zero-order chi connectivity index (χ0) is 28.7. The number of nitrogens with one attached hydrogen (secondary N) is 3. The molecule has 3 aromatic rings. The molecule has 1 aromatic carbocycles. The Balaban J connectivity index is 1.79. The van der Waals surface area contributed by atoms with Gasteiger partial charge in [0.25, 0.3) is 5.91 Å². The summed E-state index contributed by atoms with van der Waals surface area (Å²) in [6.07, 6.45) is 1.49. The van der Waals surface area contributed by atoms with Gasteiger partial charge in [0, 0.05) is 41.7 Å². The van der Waals surface area contributed by atoms with Crippen molar-refractivity contribution in [2.24, 2.45) is 13.0 Å². The fraction of sp³-hybridized carbons (Fsp3) is 0.375. The molecule has 190 valence electrons. The van der Waals surface area contributed by atoms with E-state index in [1.807, 2.05) is 5.32 Å². The number of methoxy groups -OCH3 is 1. The van der Waals surface area contributed by atoms with Crippen LogP contribution in [0.25, 0.3) is 11.3 Å². The minimum Gasteiger partial charge on any atom is -0.494 e. The van der Waals surface area contributed by atoms with Crippen LogP contribution < -0.4 is 20.7 Å². The zero-order valence-electron chi connectivity index (χ0n) is 23.1. The smallest absolute Gasteiger partial charge is 0.273 e. The number of carbonyl (C=O) groups is 2. The molecule has 1 saturated carbocycles. The van der Waals surface area contributed by atoms with Crippen LogP contribution in [0.1, 0.15) is 47.0 Å². The van der Waals surface area contributed by atoms with E-state index in [9.17, 15) is 19.1 Å². The molecule has 0 spiro atoms. The van der Waals surface area contributed by atoms with Crippen molar-refractivity contribution in [1.82, 2.24) is 25.3 Å². The second-order valence-corrected chi connectivity index (χ2v) is 8.97. The minimum atomic E-state index is -2.81. The van der Waals surface area contributed by atoms with Crippen LogP contribution in [0.3, 0.4) is 0 Å². The van der Waals surface area contributed by atoms with E-state index in [0.29, 0.717) is 11.4 Å². The van der Waals surface area contributed by atoms with Crippen LogP contribution in [0, 0.1) is 11.7 Å². The normalized spacial score (nSPS) is 14.9. The van der Waals surface area contributed by atoms with Crippen molar-refractivity contribution >= 4 is 29.0 Å². The van der Waals surface area contributed by atoms with E-state index in [1.54, 1.807) is 27.0 Å². The fourth-order valence-electron chi connectivity index (χ4n) is 3.76. The van der Waals surface area contributed by atoms with Gasteiger partial charge in [-0.05, 0) is 38.8 Å². The lowest BCUT2D eigenvalue weighted by Gasteiger charge is -2.17. The number of carbonyl (C=O) groups excluding carboxylic acids is 2. The van der Waals surface area contributed by atoms with Gasteiger partial charge in [-0.25, -0.2) is 4.39 Å². The summed E-state index contributed by atoms with van der Waals surface area (Å²) in [6, 6.07) is 5.19. The van der Waals surface area contributed by atoms with E-state index in [0.717, 1.165) is 18.9 Å². The Morgan fingerprint density at radius 2 is 1.97 bits per heavy atom. The first kappa shape index (κ1) is 21.2. The molecular formula is C24H28FN7O4. The molecule has 2 heterocycles. The van der Waals surface area contributed by atoms with E-state index in [4.69, 9.17) is 8.85 Å². The first-order valence-electron chi connectivity index (χ1n) is 12.6. The van der Waals surface area contributed by atoms with Gasteiger partial charge in [-0.2, -0.15) is 5.10 Å². The largest absolute Gasteiger partial charge is 0.494 e. The van der Waals surface area contributed by atoms with E-state index in [-0.39, 0.29) is 40.3 Å². The topological polar surface area (TPSA) is 143 Å². The van der Waals surface area contributed by atoms with E-state index in [1.165, 1.54) is 23.9 Å². The van der Waals surface area contributed by atoms with Gasteiger partial charge in [0.1, 0.15) is 11.4 Å². The molecule has 0 aliphatic heterocycles. The van der Waals surface area contributed by atoms with E-state index >= 15 is 0 Å². The SMILES string of the molecule is [2H]C([2H])([2H])NC(=O)c1nnc(NC(=O)C2CC2)cc1Nc1cc(F)cc(-c2cc(C(C)(C)O)n(C)n2)c1OC. The molecule has 0 atom stereocenters. The summed E-state index contributed by atoms with van der Waals surface area (Å²) >= 11 is 0. The number of benzene rings is 1. The highest BCUT2D eigenvalue weighted by molar-refractivity contribution is 6.00. The number of hydrogen-bond donors (Lipinski definition) is 4. The number of hydrogen-bond acceptors (Lipinski definition) is 8. The predicted octanol–water partition coefficient (Wildman–Crippen LogP) is 2.70. The van der Waals surface area contributed by atoms with Crippen molar-refractivity contribution in [2.75, 3.05) is 24.7 Å². The Morgan fingerprint density at radius 3 is 2.58 bits per heavy atom. The third-order valence-corrected chi connectivity index (χ3v) is 5.63. The van der Waals surface area contributed by atoms with Crippen LogP contribution in [0.2, 0.25) is 0 Å². The first-order valence-corrected chi connectivity index (χ1v) is 11.1. The Labute approximate surface area is 211 Å². The van der Waals surface area contributed by atoms with Gasteiger partial charge in [0.2, 0.25) is 5.91 Å². The average molecular weight is 501 g/mol. The van der Waals surface area contributed by atoms with Crippen LogP contribution in [0.15, 0.2) is 24.3 Å². The van der Waals surface area contributed by atoms with Gasteiger partial charge < -0.3 is 25.8 Å². The highest BCUT2D eigenvalue weighted by atomic mass is 19.1. The summed E-state index contributed by atoms with van der Waals surface area (Å²) in [7, 11) is 2.99. The third-order valence-electron chi connectivity index (χ3n) is 5.63. The van der Waals surface area contributed by atoms with Gasteiger partial charge in [0.15, 0.2) is 17.3 Å². The van der Waals surface area contributed by atoms with E-state index in [2.05, 4.69) is 25.9 Å².